The molecule has 0 bridgehead atoms. The summed E-state index contributed by atoms with van der Waals surface area (Å²) < 4.78 is 56.1. The van der Waals surface area contributed by atoms with Gasteiger partial charge in [0.05, 0.1) is 10.6 Å². The Balaban J connectivity index is 1.95. The van der Waals surface area contributed by atoms with Crippen LogP contribution in [-0.2, 0) is 14.8 Å². The third-order valence-corrected chi connectivity index (χ3v) is 5.26. The SMILES string of the molecule is Cc1ccc(S(=O)(=O)NCCC(=O)Nc2ccccc2OC(F)F)c(C)c1. The molecule has 0 unspecified atom stereocenters. The van der Waals surface area contributed by atoms with Gasteiger partial charge in [0.25, 0.3) is 0 Å². The van der Waals surface area contributed by atoms with Crippen LogP contribution in [0.25, 0.3) is 0 Å². The van der Waals surface area contributed by atoms with Crippen LogP contribution in [0.5, 0.6) is 5.75 Å². The van der Waals surface area contributed by atoms with Crippen molar-refractivity contribution in [1.82, 2.24) is 4.72 Å². The largest absolute Gasteiger partial charge is 0.433 e. The molecule has 0 aliphatic heterocycles. The molecule has 1 amide bonds. The zero-order valence-corrected chi connectivity index (χ0v) is 15.6. The standard InChI is InChI=1S/C18H20F2N2O4S/c1-12-7-8-16(13(2)11-12)27(24,25)21-10-9-17(23)22-14-5-3-4-6-15(14)26-18(19)20/h3-8,11,18,21H,9-10H2,1-2H3,(H,22,23). The summed E-state index contributed by atoms with van der Waals surface area (Å²) in [5.74, 6) is -0.708. The number of hydrogen-bond donors (Lipinski definition) is 2. The lowest BCUT2D eigenvalue weighted by molar-refractivity contribution is -0.116. The van der Waals surface area contributed by atoms with Crippen molar-refractivity contribution in [2.24, 2.45) is 0 Å². The van der Waals surface area contributed by atoms with Crippen molar-refractivity contribution in [2.75, 3.05) is 11.9 Å². The van der Waals surface area contributed by atoms with Gasteiger partial charge in [-0.15, -0.1) is 0 Å². The Hall–Kier alpha value is -2.52. The summed E-state index contributed by atoms with van der Waals surface area (Å²) in [5.41, 5.74) is 1.63. The number of ether oxygens (including phenoxy) is 1. The molecule has 0 atom stereocenters. The Labute approximate surface area is 156 Å². The highest BCUT2D eigenvalue weighted by Crippen LogP contribution is 2.25. The quantitative estimate of drug-likeness (QED) is 0.715. The van der Waals surface area contributed by atoms with Gasteiger partial charge in [-0.2, -0.15) is 8.78 Å². The normalized spacial score (nSPS) is 11.4. The fourth-order valence-electron chi connectivity index (χ4n) is 2.46. The fraction of sp³-hybridized carbons (Fsp3) is 0.278. The number of benzene rings is 2. The van der Waals surface area contributed by atoms with Crippen molar-refractivity contribution in [2.45, 2.75) is 31.8 Å². The Morgan fingerprint density at radius 2 is 1.85 bits per heavy atom. The molecule has 0 spiro atoms. The lowest BCUT2D eigenvalue weighted by Crippen LogP contribution is -2.28. The van der Waals surface area contributed by atoms with Gasteiger partial charge < -0.3 is 10.1 Å². The molecule has 146 valence electrons. The first-order valence-electron chi connectivity index (χ1n) is 8.09. The van der Waals surface area contributed by atoms with Gasteiger partial charge in [0.15, 0.2) is 0 Å². The highest BCUT2D eigenvalue weighted by molar-refractivity contribution is 7.89. The van der Waals surface area contributed by atoms with E-state index in [0.717, 1.165) is 5.56 Å². The van der Waals surface area contributed by atoms with E-state index in [9.17, 15) is 22.0 Å². The number of aryl methyl sites for hydroxylation is 2. The molecule has 2 N–H and O–H groups in total. The lowest BCUT2D eigenvalue weighted by atomic mass is 10.2. The molecule has 0 aromatic heterocycles. The summed E-state index contributed by atoms with van der Waals surface area (Å²) in [7, 11) is -3.75. The summed E-state index contributed by atoms with van der Waals surface area (Å²) in [6.07, 6.45) is -0.173. The summed E-state index contributed by atoms with van der Waals surface area (Å²) in [5, 5.41) is 2.43. The van der Waals surface area contributed by atoms with Crippen LogP contribution in [0.15, 0.2) is 47.4 Å². The number of carbonyl (C=O) groups is 1. The number of carbonyl (C=O) groups excluding carboxylic acids is 1. The van der Waals surface area contributed by atoms with Gasteiger partial charge in [0.2, 0.25) is 15.9 Å². The Bertz CT molecular complexity index is 917. The average molecular weight is 398 g/mol. The predicted molar refractivity (Wildman–Crippen MR) is 97.4 cm³/mol. The number of nitrogens with one attached hydrogen (secondary N) is 2. The molecule has 2 aromatic rings. The highest BCUT2D eigenvalue weighted by Gasteiger charge is 2.17. The van der Waals surface area contributed by atoms with Gasteiger partial charge >= 0.3 is 6.61 Å². The van der Waals surface area contributed by atoms with Crippen molar-refractivity contribution in [1.29, 1.82) is 0 Å². The van der Waals surface area contributed by atoms with Crippen molar-refractivity contribution in [3.63, 3.8) is 0 Å². The van der Waals surface area contributed by atoms with E-state index >= 15 is 0 Å². The lowest BCUT2D eigenvalue weighted by Gasteiger charge is -2.12. The number of halogens is 2. The number of sulfonamides is 1. The van der Waals surface area contributed by atoms with Gasteiger partial charge in [-0.1, -0.05) is 29.8 Å². The third kappa shape index (κ3) is 6.00. The number of para-hydroxylation sites is 2. The maximum absolute atomic E-state index is 12.4. The van der Waals surface area contributed by atoms with Crippen LogP contribution in [0, 0.1) is 13.8 Å². The number of alkyl halides is 2. The van der Waals surface area contributed by atoms with Crippen LogP contribution in [0.4, 0.5) is 14.5 Å². The van der Waals surface area contributed by atoms with Gasteiger partial charge in [0.1, 0.15) is 5.75 Å². The molecule has 27 heavy (non-hydrogen) atoms. The maximum Gasteiger partial charge on any atom is 0.387 e. The summed E-state index contributed by atoms with van der Waals surface area (Å²) in [6.45, 7) is 0.386. The molecule has 0 saturated heterocycles. The van der Waals surface area contributed by atoms with Crippen LogP contribution >= 0.6 is 0 Å². The second kappa shape index (κ2) is 8.92. The first-order valence-corrected chi connectivity index (χ1v) is 9.58. The molecule has 0 fully saturated rings. The zero-order valence-electron chi connectivity index (χ0n) is 14.8. The van der Waals surface area contributed by atoms with E-state index in [1.165, 1.54) is 24.3 Å². The van der Waals surface area contributed by atoms with E-state index < -0.39 is 22.5 Å². The average Bonchev–Trinajstić information content (AvgIpc) is 2.55. The molecule has 0 aliphatic rings. The second-order valence-electron chi connectivity index (χ2n) is 5.84. The zero-order chi connectivity index (χ0) is 20.0. The Kier molecular flexibility index (Phi) is 6.86. The van der Waals surface area contributed by atoms with Crippen molar-refractivity contribution >= 4 is 21.6 Å². The Morgan fingerprint density at radius 1 is 1.15 bits per heavy atom. The van der Waals surface area contributed by atoms with Crippen LogP contribution in [0.3, 0.4) is 0 Å². The number of amides is 1. The minimum atomic E-state index is -3.75. The predicted octanol–water partition coefficient (Wildman–Crippen LogP) is 3.21. The molecular weight excluding hydrogens is 378 g/mol. The van der Waals surface area contributed by atoms with E-state index in [1.54, 1.807) is 25.1 Å². The second-order valence-corrected chi connectivity index (χ2v) is 7.57. The minimum Gasteiger partial charge on any atom is -0.433 e. The monoisotopic (exact) mass is 398 g/mol. The van der Waals surface area contributed by atoms with Crippen LogP contribution in [0.2, 0.25) is 0 Å². The molecule has 2 aromatic carbocycles. The van der Waals surface area contributed by atoms with E-state index in [0.29, 0.717) is 5.56 Å². The molecule has 9 heteroatoms. The van der Waals surface area contributed by atoms with Crippen LogP contribution < -0.4 is 14.8 Å². The highest BCUT2D eigenvalue weighted by atomic mass is 32.2. The van der Waals surface area contributed by atoms with Gasteiger partial charge in [-0.25, -0.2) is 13.1 Å². The van der Waals surface area contributed by atoms with Crippen molar-refractivity contribution in [3.05, 3.63) is 53.6 Å². The van der Waals surface area contributed by atoms with Gasteiger partial charge in [0, 0.05) is 13.0 Å². The molecule has 0 heterocycles. The number of hydrogen-bond acceptors (Lipinski definition) is 4. The fourth-order valence-corrected chi connectivity index (χ4v) is 3.72. The molecular formula is C18H20F2N2O4S. The van der Waals surface area contributed by atoms with E-state index in [1.807, 2.05) is 6.92 Å². The first kappa shape index (κ1) is 20.8. The summed E-state index contributed by atoms with van der Waals surface area (Å²) in [6, 6.07) is 10.7. The van der Waals surface area contributed by atoms with E-state index in [-0.39, 0.29) is 29.3 Å². The molecule has 0 saturated carbocycles. The number of anilines is 1. The topological polar surface area (TPSA) is 84.5 Å². The third-order valence-electron chi connectivity index (χ3n) is 3.64. The van der Waals surface area contributed by atoms with Crippen molar-refractivity contribution < 1.29 is 26.7 Å². The molecule has 6 nitrogen and oxygen atoms in total. The smallest absolute Gasteiger partial charge is 0.387 e. The van der Waals surface area contributed by atoms with E-state index in [2.05, 4.69) is 14.8 Å². The number of rotatable bonds is 8. The molecule has 0 radical (unpaired) electrons. The van der Waals surface area contributed by atoms with Gasteiger partial charge in [-0.05, 0) is 37.6 Å². The first-order chi connectivity index (χ1) is 12.7. The van der Waals surface area contributed by atoms with Crippen molar-refractivity contribution in [3.8, 4) is 5.75 Å². The van der Waals surface area contributed by atoms with E-state index in [4.69, 9.17) is 0 Å². The van der Waals surface area contributed by atoms with Crippen LogP contribution in [-0.4, -0.2) is 27.5 Å². The minimum absolute atomic E-state index is 0.0834. The summed E-state index contributed by atoms with van der Waals surface area (Å²) >= 11 is 0. The maximum atomic E-state index is 12.4. The summed E-state index contributed by atoms with van der Waals surface area (Å²) in [4.78, 5) is 12.1. The molecule has 2 rings (SSSR count). The van der Waals surface area contributed by atoms with Gasteiger partial charge in [-0.3, -0.25) is 4.79 Å². The van der Waals surface area contributed by atoms with Crippen LogP contribution in [0.1, 0.15) is 17.5 Å². The molecule has 0 aliphatic carbocycles. The Morgan fingerprint density at radius 3 is 2.52 bits per heavy atom.